The summed E-state index contributed by atoms with van der Waals surface area (Å²) in [5.74, 6) is -1.08. The van der Waals surface area contributed by atoms with Crippen molar-refractivity contribution in [2.45, 2.75) is 28.7 Å². The average molecular weight is 486 g/mol. The summed E-state index contributed by atoms with van der Waals surface area (Å²) in [6, 6.07) is 9.83. The van der Waals surface area contributed by atoms with E-state index in [4.69, 9.17) is 4.74 Å². The Morgan fingerprint density at radius 1 is 1.12 bits per heavy atom. The van der Waals surface area contributed by atoms with Crippen molar-refractivity contribution in [2.24, 2.45) is 4.36 Å². The first kappa shape index (κ1) is 24.3. The molecule has 9 nitrogen and oxygen atoms in total. The zero-order chi connectivity index (χ0) is 23.4. The number of hydrogen-bond donors (Lipinski definition) is 2. The maximum absolute atomic E-state index is 13.1. The Kier molecular flexibility index (Phi) is 7.62. The number of nitrogens with zero attached hydrogens (tertiary/aromatic N) is 2. The molecule has 32 heavy (non-hydrogen) atoms. The van der Waals surface area contributed by atoms with E-state index in [9.17, 15) is 26.4 Å². The van der Waals surface area contributed by atoms with Crippen LogP contribution in [-0.4, -0.2) is 60.2 Å². The van der Waals surface area contributed by atoms with Crippen molar-refractivity contribution in [3.05, 3.63) is 54.3 Å². The fraction of sp³-hybridized carbons (Fsp3) is 0.350. The van der Waals surface area contributed by atoms with E-state index in [0.717, 1.165) is 17.1 Å². The molecule has 3 rings (SSSR count). The molecule has 2 N–H and O–H groups in total. The van der Waals surface area contributed by atoms with Crippen LogP contribution in [0.4, 0.5) is 10.1 Å². The highest BCUT2D eigenvalue weighted by Crippen LogP contribution is 2.27. The molecule has 1 fully saturated rings. The highest BCUT2D eigenvalue weighted by atomic mass is 32.2. The smallest absolute Gasteiger partial charge is 0.243 e. The number of hydrogen-bond acceptors (Lipinski definition) is 6. The van der Waals surface area contributed by atoms with Gasteiger partial charge in [0.05, 0.1) is 29.0 Å². The number of carbonyl (C=O) groups excluding carboxylic acids is 1. The Labute approximate surface area is 186 Å². The van der Waals surface area contributed by atoms with Crippen molar-refractivity contribution in [3.63, 3.8) is 0 Å². The number of rotatable bonds is 10. The fourth-order valence-electron chi connectivity index (χ4n) is 2.75. The van der Waals surface area contributed by atoms with E-state index in [1.165, 1.54) is 55.6 Å². The molecule has 1 aliphatic rings. The van der Waals surface area contributed by atoms with Crippen LogP contribution in [0, 0.1) is 5.82 Å². The molecule has 1 saturated carbocycles. The first-order valence-electron chi connectivity index (χ1n) is 9.75. The molecule has 1 aliphatic carbocycles. The summed E-state index contributed by atoms with van der Waals surface area (Å²) in [6.45, 7) is -0.546. The minimum absolute atomic E-state index is 0.0147. The topological polar surface area (TPSA) is 125 Å². The maximum Gasteiger partial charge on any atom is 0.243 e. The Bertz CT molecular complexity index is 1170. The van der Waals surface area contributed by atoms with Crippen LogP contribution in [0.1, 0.15) is 12.8 Å². The summed E-state index contributed by atoms with van der Waals surface area (Å²) in [4.78, 5) is 12.3. The van der Waals surface area contributed by atoms with Crippen LogP contribution in [0.3, 0.4) is 0 Å². The van der Waals surface area contributed by atoms with Gasteiger partial charge in [0.2, 0.25) is 15.9 Å². The van der Waals surface area contributed by atoms with Gasteiger partial charge in [0.15, 0.2) is 10.0 Å². The van der Waals surface area contributed by atoms with Gasteiger partial charge in [-0.25, -0.2) is 21.4 Å². The number of benzene rings is 2. The normalized spacial score (nSPS) is 15.9. The van der Waals surface area contributed by atoms with E-state index in [0.29, 0.717) is 5.69 Å². The molecular formula is C20H24FN3O6S2. The van der Waals surface area contributed by atoms with Crippen LogP contribution in [0.5, 0.6) is 0 Å². The van der Waals surface area contributed by atoms with Crippen molar-refractivity contribution in [2.75, 3.05) is 32.1 Å². The predicted octanol–water partition coefficient (Wildman–Crippen LogP) is 2.56. The second-order valence-electron chi connectivity index (χ2n) is 7.19. The first-order valence-corrected chi connectivity index (χ1v) is 12.7. The Hall–Kier alpha value is -2.38. The largest absolute Gasteiger partial charge is 0.383 e. The lowest BCUT2D eigenvalue weighted by atomic mass is 10.3. The maximum atomic E-state index is 13.1. The number of carbonyl (C=O) groups is 1. The van der Waals surface area contributed by atoms with E-state index in [2.05, 4.69) is 9.68 Å². The van der Waals surface area contributed by atoms with Gasteiger partial charge >= 0.3 is 0 Å². The van der Waals surface area contributed by atoms with Crippen LogP contribution in [0.15, 0.2) is 62.7 Å². The molecule has 0 saturated heterocycles. The summed E-state index contributed by atoms with van der Waals surface area (Å²) in [5.41, 5.74) is 0.321. The van der Waals surface area contributed by atoms with E-state index in [1.54, 1.807) is 0 Å². The monoisotopic (exact) mass is 485 g/mol. The summed E-state index contributed by atoms with van der Waals surface area (Å²) in [5, 5.41) is 2.52. The van der Waals surface area contributed by atoms with E-state index >= 15 is 0 Å². The highest BCUT2D eigenvalue weighted by Gasteiger charge is 2.28. The average Bonchev–Trinajstić information content (AvgIpc) is 3.56. The molecule has 1 amide bonds. The second-order valence-corrected chi connectivity index (χ2v) is 10.8. The highest BCUT2D eigenvalue weighted by molar-refractivity contribution is 7.89. The van der Waals surface area contributed by atoms with Crippen molar-refractivity contribution >= 4 is 31.6 Å². The van der Waals surface area contributed by atoms with E-state index < -0.39 is 38.3 Å². The zero-order valence-corrected chi connectivity index (χ0v) is 18.9. The molecule has 2 aromatic rings. The van der Waals surface area contributed by atoms with Crippen molar-refractivity contribution in [1.29, 1.82) is 0 Å². The molecule has 0 radical (unpaired) electrons. The molecule has 1 atom stereocenters. The summed E-state index contributed by atoms with van der Waals surface area (Å²) in [6.07, 6.45) is 1.52. The van der Waals surface area contributed by atoms with Gasteiger partial charge in [-0.1, -0.05) is 0 Å². The third kappa shape index (κ3) is 6.33. The van der Waals surface area contributed by atoms with E-state index in [1.807, 2.05) is 0 Å². The summed E-state index contributed by atoms with van der Waals surface area (Å²) < 4.78 is 71.5. The SMILES string of the molecule is COCCN(CC(=O)Nc1ccc(F)cc1)S(=O)(=O)c1ccc(S(=O)(O)=NC2CC2)cc1. The number of halogens is 1. The Balaban J connectivity index is 1.78. The number of methoxy groups -OCH3 is 1. The molecule has 174 valence electrons. The van der Waals surface area contributed by atoms with Crippen LogP contribution in [-0.2, 0) is 29.6 Å². The number of nitrogens with one attached hydrogen (secondary N) is 1. The minimum Gasteiger partial charge on any atom is -0.383 e. The van der Waals surface area contributed by atoms with Gasteiger partial charge < -0.3 is 10.1 Å². The predicted molar refractivity (Wildman–Crippen MR) is 117 cm³/mol. The number of amides is 1. The molecule has 0 aromatic heterocycles. The van der Waals surface area contributed by atoms with Gasteiger partial charge in [0, 0.05) is 19.3 Å². The Morgan fingerprint density at radius 2 is 1.72 bits per heavy atom. The molecule has 1 unspecified atom stereocenters. The number of ether oxygens (including phenoxy) is 1. The van der Waals surface area contributed by atoms with Gasteiger partial charge in [0.25, 0.3) is 0 Å². The van der Waals surface area contributed by atoms with E-state index in [-0.39, 0.29) is 29.0 Å². The summed E-state index contributed by atoms with van der Waals surface area (Å²) >= 11 is 0. The molecule has 12 heteroatoms. The lowest BCUT2D eigenvalue weighted by Crippen LogP contribution is -2.40. The van der Waals surface area contributed by atoms with Gasteiger partial charge in [-0.2, -0.15) is 4.31 Å². The fourth-order valence-corrected chi connectivity index (χ4v) is 5.36. The quantitative estimate of drug-likeness (QED) is 0.533. The number of sulfonamides is 1. The van der Waals surface area contributed by atoms with Crippen LogP contribution in [0.25, 0.3) is 0 Å². The third-order valence-corrected chi connectivity index (χ3v) is 7.93. The first-order chi connectivity index (χ1) is 15.1. The van der Waals surface area contributed by atoms with Gasteiger partial charge in [0.1, 0.15) is 5.82 Å². The van der Waals surface area contributed by atoms with Crippen LogP contribution in [0.2, 0.25) is 0 Å². The van der Waals surface area contributed by atoms with Crippen LogP contribution >= 0.6 is 0 Å². The van der Waals surface area contributed by atoms with Gasteiger partial charge in [-0.15, -0.1) is 0 Å². The van der Waals surface area contributed by atoms with Gasteiger partial charge in [-0.3, -0.25) is 9.35 Å². The van der Waals surface area contributed by atoms with Gasteiger partial charge in [-0.05, 0) is 61.4 Å². The lowest BCUT2D eigenvalue weighted by Gasteiger charge is -2.21. The zero-order valence-electron chi connectivity index (χ0n) is 17.3. The molecular weight excluding hydrogens is 461 g/mol. The molecule has 0 heterocycles. The van der Waals surface area contributed by atoms with Crippen molar-refractivity contribution in [1.82, 2.24) is 4.31 Å². The minimum atomic E-state index is -4.11. The molecule has 0 spiro atoms. The third-order valence-electron chi connectivity index (χ3n) is 4.60. The standard InChI is InChI=1S/C20H24FN3O6S2/c1-30-13-12-24(14-20(25)22-16-4-2-15(21)3-5-16)32(28,29)19-10-8-18(9-11-19)31(26,27)23-17-6-7-17/h2-5,8-11,17H,6-7,12-14H2,1H3,(H,22,25)(H,23,26,27). The Morgan fingerprint density at radius 3 is 2.28 bits per heavy atom. The second kappa shape index (κ2) is 10.0. The van der Waals surface area contributed by atoms with Crippen molar-refractivity contribution in [3.8, 4) is 0 Å². The molecule has 2 aromatic carbocycles. The van der Waals surface area contributed by atoms with Crippen LogP contribution < -0.4 is 5.32 Å². The number of anilines is 1. The lowest BCUT2D eigenvalue weighted by molar-refractivity contribution is -0.116. The molecule has 0 aliphatic heterocycles. The molecule has 0 bridgehead atoms. The summed E-state index contributed by atoms with van der Waals surface area (Å²) in [7, 11) is -6.31. The van der Waals surface area contributed by atoms with Crippen molar-refractivity contribution < 1.29 is 31.1 Å².